The lowest BCUT2D eigenvalue weighted by Crippen LogP contribution is -2.48. The second-order valence-corrected chi connectivity index (χ2v) is 6.83. The predicted molar refractivity (Wildman–Crippen MR) is 72.3 cm³/mol. The molecule has 0 aliphatic rings. The Bertz CT molecular complexity index is 446. The van der Waals surface area contributed by atoms with Crippen LogP contribution in [0.25, 0.3) is 0 Å². The van der Waals surface area contributed by atoms with Crippen LogP contribution in [0.1, 0.15) is 20.3 Å². The lowest BCUT2D eigenvalue weighted by molar-refractivity contribution is -0.127. The minimum absolute atomic E-state index is 0.0341. The third kappa shape index (κ3) is 4.35. The zero-order valence-corrected chi connectivity index (χ0v) is 12.5. The highest BCUT2D eigenvalue weighted by atomic mass is 32.2. The molecule has 0 heterocycles. The minimum atomic E-state index is -3.36. The molecule has 19 heavy (non-hydrogen) atoms. The SMILES string of the molecule is CCC(C)(C(=O)NCCS(=O)(=O)N(C)C)C(N)=NO. The van der Waals surface area contributed by atoms with Crippen molar-refractivity contribution in [2.24, 2.45) is 16.3 Å². The van der Waals surface area contributed by atoms with Crippen molar-refractivity contribution in [2.45, 2.75) is 20.3 Å². The summed E-state index contributed by atoms with van der Waals surface area (Å²) in [5.41, 5.74) is 4.33. The van der Waals surface area contributed by atoms with E-state index in [9.17, 15) is 13.2 Å². The summed E-state index contributed by atoms with van der Waals surface area (Å²) in [5.74, 6) is -0.885. The van der Waals surface area contributed by atoms with Gasteiger partial charge in [-0.25, -0.2) is 12.7 Å². The van der Waals surface area contributed by atoms with E-state index < -0.39 is 21.3 Å². The van der Waals surface area contributed by atoms with Gasteiger partial charge in [0.1, 0.15) is 5.41 Å². The molecule has 0 spiro atoms. The summed E-state index contributed by atoms with van der Waals surface area (Å²) in [4.78, 5) is 12.0. The van der Waals surface area contributed by atoms with Gasteiger partial charge in [0, 0.05) is 20.6 Å². The maximum atomic E-state index is 12.0. The van der Waals surface area contributed by atoms with E-state index in [0.29, 0.717) is 6.42 Å². The Hall–Kier alpha value is -1.35. The Labute approximate surface area is 113 Å². The van der Waals surface area contributed by atoms with Crippen LogP contribution in [0.3, 0.4) is 0 Å². The van der Waals surface area contributed by atoms with Gasteiger partial charge in [-0.2, -0.15) is 0 Å². The molecule has 0 aromatic heterocycles. The van der Waals surface area contributed by atoms with Gasteiger partial charge in [-0.05, 0) is 13.3 Å². The van der Waals surface area contributed by atoms with Crippen LogP contribution >= 0.6 is 0 Å². The Morgan fingerprint density at radius 2 is 2.00 bits per heavy atom. The number of rotatable bonds is 7. The number of carbonyl (C=O) groups is 1. The Morgan fingerprint density at radius 3 is 2.37 bits per heavy atom. The summed E-state index contributed by atoms with van der Waals surface area (Å²) in [6.07, 6.45) is 0.329. The van der Waals surface area contributed by atoms with Crippen LogP contribution in [0, 0.1) is 5.41 Å². The van der Waals surface area contributed by atoms with Crippen LogP contribution < -0.4 is 11.1 Å². The first-order valence-electron chi connectivity index (χ1n) is 5.78. The van der Waals surface area contributed by atoms with E-state index >= 15 is 0 Å². The maximum Gasteiger partial charge on any atom is 0.233 e. The molecule has 9 heteroatoms. The zero-order chi connectivity index (χ0) is 15.3. The number of carbonyl (C=O) groups excluding carboxylic acids is 1. The second-order valence-electron chi connectivity index (χ2n) is 4.53. The third-order valence-electron chi connectivity index (χ3n) is 3.08. The topological polar surface area (TPSA) is 125 Å². The highest BCUT2D eigenvalue weighted by Crippen LogP contribution is 2.21. The number of nitrogens with one attached hydrogen (secondary N) is 1. The molecule has 1 amide bonds. The van der Waals surface area contributed by atoms with Gasteiger partial charge in [0.05, 0.1) is 5.75 Å². The molecule has 0 aliphatic heterocycles. The smallest absolute Gasteiger partial charge is 0.233 e. The van der Waals surface area contributed by atoms with Crippen LogP contribution in [-0.4, -0.2) is 56.1 Å². The molecule has 1 unspecified atom stereocenters. The number of sulfonamides is 1. The van der Waals surface area contributed by atoms with Crippen molar-refractivity contribution in [2.75, 3.05) is 26.4 Å². The molecule has 0 aromatic rings. The fourth-order valence-electron chi connectivity index (χ4n) is 1.24. The van der Waals surface area contributed by atoms with Crippen molar-refractivity contribution in [3.05, 3.63) is 0 Å². The maximum absolute atomic E-state index is 12.0. The molecule has 0 aliphatic carbocycles. The van der Waals surface area contributed by atoms with Crippen molar-refractivity contribution in [3.63, 3.8) is 0 Å². The van der Waals surface area contributed by atoms with Crippen LogP contribution in [-0.2, 0) is 14.8 Å². The molecule has 8 nitrogen and oxygen atoms in total. The second kappa shape index (κ2) is 6.71. The molecule has 0 saturated heterocycles. The number of oxime groups is 1. The number of nitrogens with zero attached hydrogens (tertiary/aromatic N) is 2. The average molecular weight is 294 g/mol. The van der Waals surface area contributed by atoms with E-state index in [1.165, 1.54) is 21.0 Å². The molecule has 0 aromatic carbocycles. The molecule has 1 atom stereocenters. The number of hydrogen-bond acceptors (Lipinski definition) is 5. The molecular formula is C10H22N4O4S. The largest absolute Gasteiger partial charge is 0.409 e. The highest BCUT2D eigenvalue weighted by Gasteiger charge is 2.36. The van der Waals surface area contributed by atoms with E-state index in [1.54, 1.807) is 6.92 Å². The number of amidine groups is 1. The molecule has 112 valence electrons. The summed E-state index contributed by atoms with van der Waals surface area (Å²) in [7, 11) is -0.523. The van der Waals surface area contributed by atoms with Gasteiger partial charge in [-0.15, -0.1) is 0 Å². The van der Waals surface area contributed by atoms with E-state index in [2.05, 4.69) is 10.5 Å². The molecule has 4 N–H and O–H groups in total. The van der Waals surface area contributed by atoms with Gasteiger partial charge in [0.25, 0.3) is 0 Å². The minimum Gasteiger partial charge on any atom is -0.409 e. The number of hydrogen-bond donors (Lipinski definition) is 3. The Morgan fingerprint density at radius 1 is 1.47 bits per heavy atom. The Kier molecular flexibility index (Phi) is 6.23. The quantitative estimate of drug-likeness (QED) is 0.244. The van der Waals surface area contributed by atoms with Gasteiger partial charge in [0.2, 0.25) is 15.9 Å². The molecule has 0 rings (SSSR count). The van der Waals surface area contributed by atoms with Crippen LogP contribution in [0.4, 0.5) is 0 Å². The van der Waals surface area contributed by atoms with Gasteiger partial charge >= 0.3 is 0 Å². The summed E-state index contributed by atoms with van der Waals surface area (Å²) in [6, 6.07) is 0. The standard InChI is InChI=1S/C10H22N4O4S/c1-5-10(2,8(11)13-16)9(15)12-6-7-19(17,18)14(3)4/h16H,5-7H2,1-4H3,(H2,11,13)(H,12,15). The van der Waals surface area contributed by atoms with Gasteiger partial charge in [-0.3, -0.25) is 4.79 Å². The molecule has 0 fully saturated rings. The van der Waals surface area contributed by atoms with Crippen LogP contribution in [0.5, 0.6) is 0 Å². The van der Waals surface area contributed by atoms with Gasteiger partial charge < -0.3 is 16.3 Å². The number of nitrogens with two attached hydrogens (primary N) is 1. The molecule has 0 saturated carbocycles. The summed E-state index contributed by atoms with van der Waals surface area (Å²) in [6.45, 7) is 3.21. The Balaban J connectivity index is 4.64. The monoisotopic (exact) mass is 294 g/mol. The summed E-state index contributed by atoms with van der Waals surface area (Å²) < 4.78 is 24.1. The lowest BCUT2D eigenvalue weighted by atomic mass is 9.85. The first-order chi connectivity index (χ1) is 8.61. The van der Waals surface area contributed by atoms with Crippen LogP contribution in [0.15, 0.2) is 5.16 Å². The van der Waals surface area contributed by atoms with Crippen molar-refractivity contribution in [1.29, 1.82) is 0 Å². The fourth-order valence-corrected chi connectivity index (χ4v) is 1.96. The van der Waals surface area contributed by atoms with E-state index in [4.69, 9.17) is 10.9 Å². The van der Waals surface area contributed by atoms with Gasteiger partial charge in [-0.1, -0.05) is 12.1 Å². The average Bonchev–Trinajstić information content (AvgIpc) is 2.35. The van der Waals surface area contributed by atoms with Crippen LogP contribution in [0.2, 0.25) is 0 Å². The van der Waals surface area contributed by atoms with E-state index in [-0.39, 0.29) is 18.1 Å². The van der Waals surface area contributed by atoms with Crippen molar-refractivity contribution < 1.29 is 18.4 Å². The highest BCUT2D eigenvalue weighted by molar-refractivity contribution is 7.89. The van der Waals surface area contributed by atoms with Gasteiger partial charge in [0.15, 0.2) is 5.84 Å². The molecule has 0 radical (unpaired) electrons. The first-order valence-corrected chi connectivity index (χ1v) is 7.39. The fraction of sp³-hybridized carbons (Fsp3) is 0.800. The number of amides is 1. The summed E-state index contributed by atoms with van der Waals surface area (Å²) in [5, 5.41) is 14.0. The predicted octanol–water partition coefficient (Wildman–Crippen LogP) is -0.843. The van der Waals surface area contributed by atoms with Crippen molar-refractivity contribution in [3.8, 4) is 0 Å². The van der Waals surface area contributed by atoms with E-state index in [1.807, 2.05) is 0 Å². The lowest BCUT2D eigenvalue weighted by Gasteiger charge is -2.25. The first kappa shape index (κ1) is 17.6. The molecular weight excluding hydrogens is 272 g/mol. The third-order valence-corrected chi connectivity index (χ3v) is 4.92. The normalized spacial score (nSPS) is 16.2. The molecule has 0 bridgehead atoms. The van der Waals surface area contributed by atoms with Crippen molar-refractivity contribution in [1.82, 2.24) is 9.62 Å². The van der Waals surface area contributed by atoms with E-state index in [0.717, 1.165) is 4.31 Å². The zero-order valence-electron chi connectivity index (χ0n) is 11.7. The van der Waals surface area contributed by atoms with Crippen molar-refractivity contribution >= 4 is 21.8 Å². The summed E-state index contributed by atoms with van der Waals surface area (Å²) >= 11 is 0.